The second-order valence-electron chi connectivity index (χ2n) is 12.4. The molecule has 0 bridgehead atoms. The van der Waals surface area contributed by atoms with Crippen LogP contribution in [0.25, 0.3) is 0 Å². The maximum atomic E-state index is 10.2. The predicted molar refractivity (Wildman–Crippen MR) is 123 cm³/mol. The predicted octanol–water partition coefficient (Wildman–Crippen LogP) is 6.83. The summed E-state index contributed by atoms with van der Waals surface area (Å²) in [5, 5.41) is 20.2. The van der Waals surface area contributed by atoms with E-state index in [2.05, 4.69) is 34.6 Å². The number of fused-ring (bicyclic) bond motifs is 1. The normalized spacial score (nSPS) is 44.1. The fraction of sp³-hybridized carbons (Fsp3) is 1.00. The Labute approximate surface area is 181 Å². The number of rotatable bonds is 8. The van der Waals surface area contributed by atoms with E-state index in [-0.39, 0.29) is 6.10 Å². The Balaban J connectivity index is 1.69. The molecule has 0 saturated heterocycles. The molecule has 0 unspecified atom stereocenters. The Morgan fingerprint density at radius 2 is 1.72 bits per heavy atom. The van der Waals surface area contributed by atoms with E-state index >= 15 is 0 Å². The van der Waals surface area contributed by atoms with Crippen LogP contribution in [0.3, 0.4) is 0 Å². The van der Waals surface area contributed by atoms with Crippen molar-refractivity contribution in [2.24, 2.45) is 46.3 Å². The van der Waals surface area contributed by atoms with Gasteiger partial charge in [0.15, 0.2) is 0 Å². The lowest BCUT2D eigenvalue weighted by Crippen LogP contribution is -2.45. The molecule has 3 aliphatic rings. The molecule has 0 amide bonds. The van der Waals surface area contributed by atoms with Crippen LogP contribution in [0.2, 0.25) is 0 Å². The third kappa shape index (κ3) is 5.05. The first-order valence-electron chi connectivity index (χ1n) is 13.0. The van der Waals surface area contributed by atoms with Gasteiger partial charge in [-0.1, -0.05) is 53.9 Å². The molecule has 3 aliphatic carbocycles. The smallest absolute Gasteiger partial charge is 0.0543 e. The molecule has 0 spiro atoms. The van der Waals surface area contributed by atoms with Crippen LogP contribution in [-0.4, -0.2) is 22.9 Å². The molecule has 2 nitrogen and oxygen atoms in total. The van der Waals surface area contributed by atoms with Crippen LogP contribution in [0.4, 0.5) is 0 Å². The number of hydrogen-bond acceptors (Lipinski definition) is 2. The highest BCUT2D eigenvalue weighted by atomic mass is 16.3. The molecule has 170 valence electrons. The second-order valence-corrected chi connectivity index (χ2v) is 12.4. The second kappa shape index (κ2) is 9.60. The standard InChI is InChI=1S/C27H50O2/c1-19(2)7-6-8-20(3)24-11-12-25(27(24,5)15-16-28)21-9-10-22-17-23(29)13-14-26(22,4)18-21/h19-25,28-29H,6-18H2,1-5H3/t20-,21-,22+,23+,24-,25+,26-,27-/m1/s1. The van der Waals surface area contributed by atoms with Crippen molar-refractivity contribution in [3.05, 3.63) is 0 Å². The first kappa shape index (κ1) is 23.6. The van der Waals surface area contributed by atoms with Gasteiger partial charge in [0.05, 0.1) is 6.10 Å². The van der Waals surface area contributed by atoms with E-state index in [1.165, 1.54) is 57.8 Å². The minimum absolute atomic E-state index is 0.0492. The summed E-state index contributed by atoms with van der Waals surface area (Å²) in [6.45, 7) is 12.6. The van der Waals surface area contributed by atoms with Gasteiger partial charge in [0, 0.05) is 6.61 Å². The van der Waals surface area contributed by atoms with Crippen LogP contribution in [0.1, 0.15) is 112 Å². The van der Waals surface area contributed by atoms with Gasteiger partial charge in [-0.2, -0.15) is 0 Å². The number of aliphatic hydroxyl groups is 2. The summed E-state index contributed by atoms with van der Waals surface area (Å²) >= 11 is 0. The highest BCUT2D eigenvalue weighted by Gasteiger charge is 2.53. The Morgan fingerprint density at radius 3 is 2.41 bits per heavy atom. The minimum Gasteiger partial charge on any atom is -0.396 e. The minimum atomic E-state index is -0.0492. The summed E-state index contributed by atoms with van der Waals surface area (Å²) in [4.78, 5) is 0. The molecule has 0 aliphatic heterocycles. The molecular formula is C27H50O2. The van der Waals surface area contributed by atoms with Gasteiger partial charge in [-0.3, -0.25) is 0 Å². The number of aliphatic hydroxyl groups excluding tert-OH is 2. The van der Waals surface area contributed by atoms with Crippen LogP contribution in [0, 0.1) is 46.3 Å². The molecule has 0 heterocycles. The van der Waals surface area contributed by atoms with E-state index in [9.17, 15) is 10.2 Å². The van der Waals surface area contributed by atoms with E-state index < -0.39 is 0 Å². The molecule has 2 heteroatoms. The highest BCUT2D eigenvalue weighted by Crippen LogP contribution is 2.61. The van der Waals surface area contributed by atoms with E-state index in [0.717, 1.165) is 54.8 Å². The van der Waals surface area contributed by atoms with Gasteiger partial charge in [-0.25, -0.2) is 0 Å². The third-order valence-corrected chi connectivity index (χ3v) is 10.0. The zero-order chi connectivity index (χ0) is 21.2. The van der Waals surface area contributed by atoms with Gasteiger partial charge in [0.25, 0.3) is 0 Å². The highest BCUT2D eigenvalue weighted by molar-refractivity contribution is 5.03. The SMILES string of the molecule is CC(C)CCC[C@@H](C)[C@H]1CC[C@@H]([C@@H]2CC[C@H]3C[C@@H](O)CC[C@]3(C)C2)[C@]1(C)CCO. The molecule has 3 fully saturated rings. The maximum Gasteiger partial charge on any atom is 0.0543 e. The summed E-state index contributed by atoms with van der Waals surface area (Å²) in [7, 11) is 0. The first-order chi connectivity index (χ1) is 13.7. The van der Waals surface area contributed by atoms with Crippen molar-refractivity contribution >= 4 is 0 Å². The van der Waals surface area contributed by atoms with Gasteiger partial charge in [-0.05, 0) is 104 Å². The molecule has 0 aromatic rings. The monoisotopic (exact) mass is 406 g/mol. The quantitative estimate of drug-likeness (QED) is 0.463. The summed E-state index contributed by atoms with van der Waals surface area (Å²) in [6.07, 6.45) is 15.1. The van der Waals surface area contributed by atoms with E-state index in [1.807, 2.05) is 0 Å². The molecular weight excluding hydrogens is 356 g/mol. The Hall–Kier alpha value is -0.0800. The summed E-state index contributed by atoms with van der Waals surface area (Å²) in [6, 6.07) is 0. The van der Waals surface area contributed by atoms with Crippen molar-refractivity contribution in [3.8, 4) is 0 Å². The van der Waals surface area contributed by atoms with Crippen molar-refractivity contribution in [2.75, 3.05) is 6.61 Å². The molecule has 0 aromatic carbocycles. The Bertz CT molecular complexity index is 517. The Morgan fingerprint density at radius 1 is 0.966 bits per heavy atom. The third-order valence-electron chi connectivity index (χ3n) is 10.0. The van der Waals surface area contributed by atoms with Gasteiger partial charge in [0.1, 0.15) is 0 Å². The van der Waals surface area contributed by atoms with Gasteiger partial charge in [-0.15, -0.1) is 0 Å². The molecule has 2 N–H and O–H groups in total. The van der Waals surface area contributed by atoms with Crippen LogP contribution >= 0.6 is 0 Å². The van der Waals surface area contributed by atoms with E-state index in [4.69, 9.17) is 0 Å². The lowest BCUT2D eigenvalue weighted by atomic mass is 9.53. The van der Waals surface area contributed by atoms with Crippen molar-refractivity contribution in [3.63, 3.8) is 0 Å². The summed E-state index contributed by atoms with van der Waals surface area (Å²) < 4.78 is 0. The van der Waals surface area contributed by atoms with Gasteiger partial charge < -0.3 is 10.2 Å². The van der Waals surface area contributed by atoms with E-state index in [1.54, 1.807) is 0 Å². The lowest BCUT2D eigenvalue weighted by molar-refractivity contribution is -0.0530. The van der Waals surface area contributed by atoms with Crippen LogP contribution < -0.4 is 0 Å². The van der Waals surface area contributed by atoms with Crippen molar-refractivity contribution in [2.45, 2.75) is 118 Å². The maximum absolute atomic E-state index is 10.2. The number of hydrogen-bond donors (Lipinski definition) is 2. The van der Waals surface area contributed by atoms with Crippen LogP contribution in [0.5, 0.6) is 0 Å². The zero-order valence-electron chi connectivity index (χ0n) is 20.1. The molecule has 8 atom stereocenters. The fourth-order valence-corrected chi connectivity index (χ4v) is 8.29. The Kier molecular flexibility index (Phi) is 7.80. The first-order valence-corrected chi connectivity index (χ1v) is 13.0. The average Bonchev–Trinajstić information content (AvgIpc) is 2.98. The van der Waals surface area contributed by atoms with Crippen molar-refractivity contribution in [1.29, 1.82) is 0 Å². The lowest BCUT2D eigenvalue weighted by Gasteiger charge is -2.53. The summed E-state index contributed by atoms with van der Waals surface area (Å²) in [5.41, 5.74) is 0.761. The fourth-order valence-electron chi connectivity index (χ4n) is 8.29. The van der Waals surface area contributed by atoms with Crippen LogP contribution in [-0.2, 0) is 0 Å². The largest absolute Gasteiger partial charge is 0.396 e. The van der Waals surface area contributed by atoms with Gasteiger partial charge >= 0.3 is 0 Å². The average molecular weight is 407 g/mol. The molecule has 3 saturated carbocycles. The van der Waals surface area contributed by atoms with Crippen molar-refractivity contribution < 1.29 is 10.2 Å². The molecule has 29 heavy (non-hydrogen) atoms. The molecule has 0 radical (unpaired) electrons. The summed E-state index contributed by atoms with van der Waals surface area (Å²) in [5.74, 6) is 4.73. The van der Waals surface area contributed by atoms with Crippen molar-refractivity contribution in [1.82, 2.24) is 0 Å². The zero-order valence-corrected chi connectivity index (χ0v) is 20.1. The molecule has 0 aromatic heterocycles. The topological polar surface area (TPSA) is 40.5 Å². The van der Waals surface area contributed by atoms with E-state index in [0.29, 0.717) is 17.4 Å². The van der Waals surface area contributed by atoms with Crippen LogP contribution in [0.15, 0.2) is 0 Å². The molecule has 3 rings (SSSR count). The van der Waals surface area contributed by atoms with Gasteiger partial charge in [0.2, 0.25) is 0 Å².